The van der Waals surface area contributed by atoms with E-state index in [1.165, 1.54) is 63.5 Å². The first-order chi connectivity index (χ1) is 21.1. The Morgan fingerprint density at radius 3 is 2.25 bits per heavy atom. The van der Waals surface area contributed by atoms with Crippen LogP contribution in [0.25, 0.3) is 0 Å². The molecule has 0 bridgehead atoms. The predicted molar refractivity (Wildman–Crippen MR) is 165 cm³/mol. The van der Waals surface area contributed by atoms with E-state index in [1.807, 2.05) is 4.72 Å². The lowest BCUT2D eigenvalue weighted by Crippen LogP contribution is -2.48. The molecule has 4 rings (SSSR count). The van der Waals surface area contributed by atoms with Crippen molar-refractivity contribution >= 4 is 16.1 Å². The quantitative estimate of drug-likeness (QED) is 0.220. The highest BCUT2D eigenvalue weighted by molar-refractivity contribution is 7.90. The van der Waals surface area contributed by atoms with Crippen molar-refractivity contribution in [3.05, 3.63) is 30.3 Å². The molecule has 0 saturated carbocycles. The summed E-state index contributed by atoms with van der Waals surface area (Å²) in [6.45, 7) is 9.42. The van der Waals surface area contributed by atoms with E-state index in [2.05, 4.69) is 11.8 Å². The molecule has 12 heteroatoms. The SMILES string of the molecule is CCCCCCCCCCCCOC[C@@]12O[C@@H](CN3CCOCC3)[C@@H](OC(=O)NS(=O)(=O)c3ccccc3)[C@@H]1OC(C)(C)O2. The van der Waals surface area contributed by atoms with Crippen LogP contribution in [0.2, 0.25) is 0 Å². The molecule has 0 aliphatic carbocycles. The minimum absolute atomic E-state index is 0.0409. The van der Waals surface area contributed by atoms with Crippen molar-refractivity contribution in [3.63, 3.8) is 0 Å². The topological polar surface area (TPSA) is 122 Å². The Morgan fingerprint density at radius 2 is 1.59 bits per heavy atom. The molecule has 3 fully saturated rings. The van der Waals surface area contributed by atoms with E-state index in [1.54, 1.807) is 32.0 Å². The van der Waals surface area contributed by atoms with Crippen molar-refractivity contribution in [1.82, 2.24) is 9.62 Å². The monoisotopic (exact) mass is 640 g/mol. The van der Waals surface area contributed by atoms with Gasteiger partial charge in [0, 0.05) is 26.2 Å². The zero-order chi connectivity index (χ0) is 31.5. The molecular formula is C32H52N2O9S. The highest BCUT2D eigenvalue weighted by Crippen LogP contribution is 2.47. The number of rotatable bonds is 18. The van der Waals surface area contributed by atoms with Crippen molar-refractivity contribution < 1.29 is 41.6 Å². The van der Waals surface area contributed by atoms with E-state index < -0.39 is 46.0 Å². The van der Waals surface area contributed by atoms with Gasteiger partial charge >= 0.3 is 6.09 Å². The van der Waals surface area contributed by atoms with Crippen molar-refractivity contribution in [3.8, 4) is 0 Å². The van der Waals surface area contributed by atoms with E-state index in [0.29, 0.717) is 39.5 Å². The molecule has 3 heterocycles. The molecule has 4 atom stereocenters. The number of ether oxygens (including phenoxy) is 6. The molecule has 0 spiro atoms. The van der Waals surface area contributed by atoms with Crippen molar-refractivity contribution in [2.24, 2.45) is 0 Å². The molecule has 0 unspecified atom stereocenters. The first-order valence-electron chi connectivity index (χ1n) is 16.4. The average Bonchev–Trinajstić information content (AvgIpc) is 3.40. The third-order valence-corrected chi connectivity index (χ3v) is 9.61. The van der Waals surface area contributed by atoms with Gasteiger partial charge in [-0.25, -0.2) is 17.9 Å². The van der Waals surface area contributed by atoms with E-state index in [0.717, 1.165) is 12.8 Å². The standard InChI is InChI=1S/C32H52N2O9S/c1-4-5-6-7-8-9-10-11-12-16-21-39-25-32-29(42-31(2,3)43-32)28(27(41-32)24-34-19-22-38-23-20-34)40-30(35)33-44(36,37)26-17-14-13-15-18-26/h13-15,17-18,27-29H,4-12,16,19-25H2,1-3H3,(H,33,35)/t27-,28+,29-,32-/m0/s1. The summed E-state index contributed by atoms with van der Waals surface area (Å²) < 4.78 is 64.1. The molecular weight excluding hydrogens is 588 g/mol. The smallest absolute Gasteiger partial charge is 0.421 e. The van der Waals surface area contributed by atoms with Gasteiger partial charge in [0.05, 0.1) is 18.1 Å². The molecule has 0 radical (unpaired) electrons. The number of hydrogen-bond donors (Lipinski definition) is 1. The fourth-order valence-electron chi connectivity index (χ4n) is 6.11. The molecule has 3 aliphatic heterocycles. The van der Waals surface area contributed by atoms with Crippen LogP contribution in [0.4, 0.5) is 4.79 Å². The number of amides is 1. The second-order valence-electron chi connectivity index (χ2n) is 12.4. The highest BCUT2D eigenvalue weighted by atomic mass is 32.2. The number of carbonyl (C=O) groups is 1. The maximum atomic E-state index is 13.0. The van der Waals surface area contributed by atoms with E-state index in [4.69, 9.17) is 28.4 Å². The van der Waals surface area contributed by atoms with Gasteiger partial charge in [-0.2, -0.15) is 0 Å². The fourth-order valence-corrected chi connectivity index (χ4v) is 7.01. The Bertz CT molecular complexity index is 1110. The van der Waals surface area contributed by atoms with Gasteiger partial charge in [0.25, 0.3) is 10.0 Å². The molecule has 3 aliphatic rings. The van der Waals surface area contributed by atoms with Crippen molar-refractivity contribution in [2.45, 2.75) is 120 Å². The largest absolute Gasteiger partial charge is 0.440 e. The second-order valence-corrected chi connectivity index (χ2v) is 14.1. The normalized spacial score (nSPS) is 26.8. The Morgan fingerprint density at radius 1 is 0.955 bits per heavy atom. The summed E-state index contributed by atoms with van der Waals surface area (Å²) in [6.07, 6.45) is 8.84. The lowest BCUT2D eigenvalue weighted by molar-refractivity contribution is -0.279. The van der Waals surface area contributed by atoms with Crippen LogP contribution in [0, 0.1) is 0 Å². The van der Waals surface area contributed by atoms with Crippen LogP contribution in [0.5, 0.6) is 0 Å². The molecule has 1 amide bonds. The number of carbonyl (C=O) groups excluding carboxylic acids is 1. The number of nitrogens with zero attached hydrogens (tertiary/aromatic N) is 1. The fraction of sp³-hybridized carbons (Fsp3) is 0.781. The average molecular weight is 641 g/mol. The first kappa shape index (κ1) is 35.1. The van der Waals surface area contributed by atoms with Crippen LogP contribution in [0.15, 0.2) is 35.2 Å². The summed E-state index contributed by atoms with van der Waals surface area (Å²) in [5, 5.41) is 0. The molecule has 3 saturated heterocycles. The molecule has 1 N–H and O–H groups in total. The molecule has 0 aromatic heterocycles. The number of fused-ring (bicyclic) bond motifs is 1. The van der Waals surface area contributed by atoms with Gasteiger partial charge in [0.1, 0.15) is 12.7 Å². The minimum atomic E-state index is -4.13. The Kier molecular flexibility index (Phi) is 13.3. The number of hydrogen-bond acceptors (Lipinski definition) is 10. The molecule has 1 aromatic rings. The van der Waals surface area contributed by atoms with E-state index in [-0.39, 0.29) is 11.5 Å². The number of sulfonamides is 1. The number of nitrogens with one attached hydrogen (secondary N) is 1. The predicted octanol–water partition coefficient (Wildman–Crippen LogP) is 4.99. The minimum Gasteiger partial charge on any atom is -0.440 e. The second kappa shape index (κ2) is 16.7. The third kappa shape index (κ3) is 10.1. The van der Waals surface area contributed by atoms with Gasteiger partial charge < -0.3 is 28.4 Å². The van der Waals surface area contributed by atoms with Gasteiger partial charge in [-0.05, 0) is 32.4 Å². The van der Waals surface area contributed by atoms with Crippen molar-refractivity contribution in [2.75, 3.05) is 46.1 Å². The van der Waals surface area contributed by atoms with Crippen LogP contribution in [-0.4, -0.2) is 95.4 Å². The highest BCUT2D eigenvalue weighted by Gasteiger charge is 2.66. The summed E-state index contributed by atoms with van der Waals surface area (Å²) in [4.78, 5) is 15.1. The summed E-state index contributed by atoms with van der Waals surface area (Å²) in [5.41, 5.74) is 0. The summed E-state index contributed by atoms with van der Waals surface area (Å²) in [6, 6.07) is 7.67. The lowest BCUT2D eigenvalue weighted by Gasteiger charge is -2.32. The van der Waals surface area contributed by atoms with Crippen LogP contribution < -0.4 is 4.72 Å². The maximum absolute atomic E-state index is 13.0. The molecule has 44 heavy (non-hydrogen) atoms. The Balaban J connectivity index is 1.35. The third-order valence-electron chi connectivity index (χ3n) is 8.28. The molecule has 1 aromatic carbocycles. The van der Waals surface area contributed by atoms with Gasteiger partial charge in [-0.1, -0.05) is 82.9 Å². The van der Waals surface area contributed by atoms with Crippen LogP contribution in [0.3, 0.4) is 0 Å². The lowest BCUT2D eigenvalue weighted by atomic mass is 10.0. The van der Waals surface area contributed by atoms with E-state index in [9.17, 15) is 13.2 Å². The summed E-state index contributed by atoms with van der Waals surface area (Å²) in [7, 11) is -4.13. The Labute approximate surface area is 263 Å². The van der Waals surface area contributed by atoms with Gasteiger partial charge in [-0.15, -0.1) is 0 Å². The van der Waals surface area contributed by atoms with Crippen LogP contribution >= 0.6 is 0 Å². The van der Waals surface area contributed by atoms with Gasteiger partial charge in [-0.3, -0.25) is 4.90 Å². The summed E-state index contributed by atoms with van der Waals surface area (Å²) in [5.74, 6) is -2.33. The molecule has 250 valence electrons. The molecule has 11 nitrogen and oxygen atoms in total. The summed E-state index contributed by atoms with van der Waals surface area (Å²) >= 11 is 0. The number of unbranched alkanes of at least 4 members (excludes halogenated alkanes) is 9. The zero-order valence-corrected chi connectivity index (χ0v) is 27.5. The van der Waals surface area contributed by atoms with Gasteiger partial charge in [0.15, 0.2) is 18.0 Å². The first-order valence-corrected chi connectivity index (χ1v) is 17.8. The maximum Gasteiger partial charge on any atom is 0.421 e. The van der Waals surface area contributed by atoms with Crippen molar-refractivity contribution in [1.29, 1.82) is 0 Å². The zero-order valence-electron chi connectivity index (χ0n) is 26.7. The van der Waals surface area contributed by atoms with Gasteiger partial charge in [0.2, 0.25) is 5.79 Å². The van der Waals surface area contributed by atoms with Crippen LogP contribution in [-0.2, 0) is 38.4 Å². The Hall–Kier alpha value is -1.80. The van der Waals surface area contributed by atoms with Crippen LogP contribution in [0.1, 0.15) is 85.0 Å². The number of benzene rings is 1. The van der Waals surface area contributed by atoms with E-state index >= 15 is 0 Å². The number of morpholine rings is 1.